The van der Waals surface area contributed by atoms with Crippen LogP contribution in [0.2, 0.25) is 0 Å². The molecule has 0 aliphatic heterocycles. The van der Waals surface area contributed by atoms with Crippen LogP contribution >= 0.6 is 0 Å². The van der Waals surface area contributed by atoms with Gasteiger partial charge in [0.05, 0.1) is 15.9 Å². The predicted octanol–water partition coefficient (Wildman–Crippen LogP) is -0.699. The van der Waals surface area contributed by atoms with Crippen molar-refractivity contribution >= 4 is 16.0 Å². The van der Waals surface area contributed by atoms with Gasteiger partial charge in [-0.1, -0.05) is 31.8 Å². The minimum Gasteiger partial charge on any atom is -0.748 e. The molecule has 0 saturated heterocycles. The molecular formula is C14H26KNO4S. The molecule has 0 atom stereocenters. The van der Waals surface area contributed by atoms with E-state index in [2.05, 4.69) is 6.58 Å². The van der Waals surface area contributed by atoms with Gasteiger partial charge in [0.15, 0.2) is 0 Å². The topological polar surface area (TPSA) is 77.5 Å². The summed E-state index contributed by atoms with van der Waals surface area (Å²) in [6.07, 6.45) is 9.89. The summed E-state index contributed by atoms with van der Waals surface area (Å²) < 4.78 is 31.4. The van der Waals surface area contributed by atoms with Crippen molar-refractivity contribution in [1.82, 2.24) is 4.90 Å². The maximum atomic E-state index is 11.7. The summed E-state index contributed by atoms with van der Waals surface area (Å²) in [5.41, 5.74) is 0. The zero-order chi connectivity index (χ0) is 15.4. The molecule has 0 spiro atoms. The number of rotatable bonds is 12. The zero-order valence-corrected chi connectivity index (χ0v) is 17.3. The molecule has 0 unspecified atom stereocenters. The second kappa shape index (κ2) is 14.4. The monoisotopic (exact) mass is 343 g/mol. The van der Waals surface area contributed by atoms with Crippen LogP contribution in [0.3, 0.4) is 0 Å². The van der Waals surface area contributed by atoms with E-state index in [1.54, 1.807) is 0 Å². The molecule has 118 valence electrons. The van der Waals surface area contributed by atoms with Crippen LogP contribution in [-0.2, 0) is 14.9 Å². The Balaban J connectivity index is 0. The van der Waals surface area contributed by atoms with Gasteiger partial charge in [0, 0.05) is 20.0 Å². The second-order valence-corrected chi connectivity index (χ2v) is 6.55. The molecule has 21 heavy (non-hydrogen) atoms. The van der Waals surface area contributed by atoms with Crippen LogP contribution in [0.15, 0.2) is 12.7 Å². The molecule has 0 radical (unpaired) electrons. The summed E-state index contributed by atoms with van der Waals surface area (Å²) in [5, 5.41) is 0. The van der Waals surface area contributed by atoms with Crippen LogP contribution in [0.1, 0.15) is 51.4 Å². The minimum absolute atomic E-state index is 0. The van der Waals surface area contributed by atoms with E-state index in [0.29, 0.717) is 6.42 Å². The molecule has 5 nitrogen and oxygen atoms in total. The Morgan fingerprint density at radius 3 is 2.19 bits per heavy atom. The van der Waals surface area contributed by atoms with E-state index in [0.717, 1.165) is 25.7 Å². The molecular weight excluding hydrogens is 317 g/mol. The molecule has 0 aliphatic rings. The van der Waals surface area contributed by atoms with Gasteiger partial charge < -0.3 is 9.45 Å². The number of nitrogens with zero attached hydrogens (tertiary/aromatic N) is 1. The van der Waals surface area contributed by atoms with E-state index in [4.69, 9.17) is 0 Å². The smallest absolute Gasteiger partial charge is 0.748 e. The number of unbranched alkanes of at least 4 members (excludes halogenated alkanes) is 6. The van der Waals surface area contributed by atoms with Crippen molar-refractivity contribution in [1.29, 1.82) is 0 Å². The summed E-state index contributed by atoms with van der Waals surface area (Å²) in [4.78, 5) is 13.0. The summed E-state index contributed by atoms with van der Waals surface area (Å²) >= 11 is 0. The van der Waals surface area contributed by atoms with Crippen LogP contribution in [0.25, 0.3) is 0 Å². The Labute approximate surface area is 171 Å². The van der Waals surface area contributed by atoms with Crippen molar-refractivity contribution in [3.05, 3.63) is 12.7 Å². The Morgan fingerprint density at radius 1 is 1.14 bits per heavy atom. The molecule has 0 heterocycles. The molecule has 0 aliphatic carbocycles. The fourth-order valence-electron chi connectivity index (χ4n) is 1.84. The van der Waals surface area contributed by atoms with Crippen molar-refractivity contribution in [2.24, 2.45) is 0 Å². The third-order valence-corrected chi connectivity index (χ3v) is 3.83. The van der Waals surface area contributed by atoms with Crippen molar-refractivity contribution < 1.29 is 69.1 Å². The summed E-state index contributed by atoms with van der Waals surface area (Å²) in [6.45, 7) is 3.65. The van der Waals surface area contributed by atoms with Crippen LogP contribution in [0, 0.1) is 0 Å². The molecule has 7 heteroatoms. The van der Waals surface area contributed by atoms with E-state index >= 15 is 0 Å². The van der Waals surface area contributed by atoms with E-state index < -0.39 is 15.9 Å². The third-order valence-electron chi connectivity index (χ3n) is 3.15. The number of amides is 1. The molecule has 0 saturated carbocycles. The van der Waals surface area contributed by atoms with Gasteiger partial charge in [-0.05, 0) is 19.3 Å². The van der Waals surface area contributed by atoms with Crippen LogP contribution < -0.4 is 51.4 Å². The van der Waals surface area contributed by atoms with Crippen LogP contribution in [-0.4, -0.2) is 43.1 Å². The molecule has 1 amide bonds. The standard InChI is InChI=1S/C14H27NO4S.K/c1-3-4-5-6-7-8-9-10-11-14(16)15(2)12-13-20(17,18)19;/h3H,1,4-13H2,2H3,(H,17,18,19);/q;+1/p-1. The number of hydrogen-bond acceptors (Lipinski definition) is 4. The zero-order valence-electron chi connectivity index (χ0n) is 13.3. The van der Waals surface area contributed by atoms with Crippen molar-refractivity contribution in [2.45, 2.75) is 51.4 Å². The number of hydrogen-bond donors (Lipinski definition) is 0. The third kappa shape index (κ3) is 16.9. The van der Waals surface area contributed by atoms with E-state index in [9.17, 15) is 17.8 Å². The summed E-state index contributed by atoms with van der Waals surface area (Å²) in [6, 6.07) is 0. The molecule has 0 aromatic carbocycles. The largest absolute Gasteiger partial charge is 1.00 e. The fourth-order valence-corrected chi connectivity index (χ4v) is 2.33. The molecule has 0 rings (SSSR count). The molecule has 0 aromatic heterocycles. The fraction of sp³-hybridized carbons (Fsp3) is 0.786. The first-order valence-corrected chi connectivity index (χ1v) is 8.73. The van der Waals surface area contributed by atoms with Gasteiger partial charge in [-0.25, -0.2) is 8.42 Å². The molecule has 0 bridgehead atoms. The second-order valence-electron chi connectivity index (χ2n) is 5.03. The molecule has 0 fully saturated rings. The van der Waals surface area contributed by atoms with Crippen molar-refractivity contribution in [3.8, 4) is 0 Å². The molecule has 0 aromatic rings. The predicted molar refractivity (Wildman–Crippen MR) is 79.3 cm³/mol. The van der Waals surface area contributed by atoms with Crippen LogP contribution in [0.5, 0.6) is 0 Å². The minimum atomic E-state index is -4.24. The van der Waals surface area contributed by atoms with E-state index in [-0.39, 0.29) is 63.8 Å². The Kier molecular flexibility index (Phi) is 16.4. The van der Waals surface area contributed by atoms with E-state index in [1.807, 2.05) is 6.08 Å². The summed E-state index contributed by atoms with van der Waals surface area (Å²) in [7, 11) is -2.71. The van der Waals surface area contributed by atoms with Gasteiger partial charge in [-0.2, -0.15) is 0 Å². The van der Waals surface area contributed by atoms with Gasteiger partial charge in [-0.15, -0.1) is 6.58 Å². The van der Waals surface area contributed by atoms with Crippen molar-refractivity contribution in [3.63, 3.8) is 0 Å². The first-order valence-electron chi connectivity index (χ1n) is 7.15. The normalized spacial score (nSPS) is 10.8. The van der Waals surface area contributed by atoms with Crippen molar-refractivity contribution in [2.75, 3.05) is 19.3 Å². The first kappa shape index (κ1) is 24.0. The Hall–Kier alpha value is 0.756. The quantitative estimate of drug-likeness (QED) is 0.203. The van der Waals surface area contributed by atoms with E-state index in [1.165, 1.54) is 31.2 Å². The molecule has 0 N–H and O–H groups in total. The maximum absolute atomic E-state index is 11.7. The van der Waals surface area contributed by atoms with Gasteiger partial charge in [0.2, 0.25) is 5.91 Å². The first-order chi connectivity index (χ1) is 9.37. The Morgan fingerprint density at radius 2 is 1.67 bits per heavy atom. The van der Waals surface area contributed by atoms with Gasteiger partial charge in [0.25, 0.3) is 0 Å². The van der Waals surface area contributed by atoms with Gasteiger partial charge in [0.1, 0.15) is 0 Å². The average Bonchev–Trinajstić information content (AvgIpc) is 2.38. The number of carbonyl (C=O) groups excluding carboxylic acids is 1. The maximum Gasteiger partial charge on any atom is 1.00 e. The number of carbonyl (C=O) groups is 1. The van der Waals surface area contributed by atoms with Gasteiger partial charge in [-0.3, -0.25) is 4.79 Å². The number of allylic oxidation sites excluding steroid dienone is 1. The SMILES string of the molecule is C=CCCCCCCCCC(=O)N(C)CCS(=O)(=O)[O-].[K+]. The van der Waals surface area contributed by atoms with Gasteiger partial charge >= 0.3 is 51.4 Å². The van der Waals surface area contributed by atoms with Crippen LogP contribution in [0.4, 0.5) is 0 Å². The Bertz CT molecular complexity index is 384. The summed E-state index contributed by atoms with van der Waals surface area (Å²) in [5.74, 6) is -0.612. The average molecular weight is 344 g/mol.